The van der Waals surface area contributed by atoms with E-state index in [1.807, 2.05) is 0 Å². The Morgan fingerprint density at radius 2 is 1.00 bits per heavy atom. The molecule has 0 atom stereocenters. The minimum Gasteiger partial charge on any atom is 0 e. The van der Waals surface area contributed by atoms with Crippen molar-refractivity contribution < 1.29 is 54.9 Å². The summed E-state index contributed by atoms with van der Waals surface area (Å²) in [6.45, 7) is 0. The van der Waals surface area contributed by atoms with Gasteiger partial charge in [0.1, 0.15) is 0 Å². The van der Waals surface area contributed by atoms with Crippen LogP contribution >= 0.6 is 0 Å². The Morgan fingerprint density at radius 3 is 1.00 bits per heavy atom. The predicted molar refractivity (Wildman–Crippen MR) is 5.75 cm³/mol. The zero-order valence-electron chi connectivity index (χ0n) is 1.71. The van der Waals surface area contributed by atoms with Gasteiger partial charge >= 0.3 is 0 Å². The molecule has 3 radical (unpaired) electrons. The molecule has 0 fully saturated rings. The fourth-order valence-electron chi connectivity index (χ4n) is 0. The van der Waals surface area contributed by atoms with Crippen LogP contribution in [0.3, 0.4) is 0 Å². The van der Waals surface area contributed by atoms with Gasteiger partial charge in [-0.3, -0.25) is 0 Å². The first-order valence-corrected chi connectivity index (χ1v) is 0. The molecule has 0 bridgehead atoms. The molecule has 0 rings (SSSR count). The van der Waals surface area contributed by atoms with Gasteiger partial charge in [-0.15, -0.1) is 0 Å². The van der Waals surface area contributed by atoms with Gasteiger partial charge in [0.25, 0.3) is 0 Å². The molecule has 0 spiro atoms. The first-order chi connectivity index (χ1) is 0. The van der Waals surface area contributed by atoms with E-state index in [0.717, 1.165) is 0 Å². The average Bonchev–Trinajstić information content (AvgIpc) is 0. The van der Waals surface area contributed by atoms with Gasteiger partial charge in [0.2, 0.25) is 0 Å². The molecule has 4 heteroatoms. The van der Waals surface area contributed by atoms with Crippen molar-refractivity contribution >= 4 is 8.41 Å². The van der Waals surface area contributed by atoms with Gasteiger partial charge in [-0.05, 0) is 0 Å². The first kappa shape index (κ1) is 41.7. The molecule has 0 saturated carbocycles. The third-order valence-corrected chi connectivity index (χ3v) is 0. The van der Waals surface area contributed by atoms with Gasteiger partial charge in [-0.1, -0.05) is 0 Å². The molecule has 0 nitrogen and oxygen atoms in total. The largest absolute Gasteiger partial charge is 0 e. The molecule has 4 heavy (non-hydrogen) atoms. The summed E-state index contributed by atoms with van der Waals surface area (Å²) in [5.41, 5.74) is 0. The van der Waals surface area contributed by atoms with E-state index in [4.69, 9.17) is 0 Å². The Kier molecular flexibility index (Phi) is 225. The third kappa shape index (κ3) is 9.22. The van der Waals surface area contributed by atoms with Crippen LogP contribution in [-0.2, 0) is 54.9 Å². The van der Waals surface area contributed by atoms with Crippen molar-refractivity contribution in [1.29, 1.82) is 0 Å². The van der Waals surface area contributed by atoms with Crippen molar-refractivity contribution in [3.8, 4) is 0 Å². The molecule has 0 saturated heterocycles. The second-order valence-corrected chi connectivity index (χ2v) is 0. The maximum Gasteiger partial charge on any atom is 0 e. The van der Waals surface area contributed by atoms with E-state index >= 15 is 0 Å². The van der Waals surface area contributed by atoms with Crippen molar-refractivity contribution in [2.45, 2.75) is 0 Å². The molecule has 0 aromatic heterocycles. The molecular weight excluding hydrogens is 305 g/mol. The molecule has 0 unspecified atom stereocenters. The Balaban J connectivity index is 0. The van der Waals surface area contributed by atoms with Gasteiger partial charge in [-0.2, -0.15) is 0 Å². The van der Waals surface area contributed by atoms with Gasteiger partial charge in [0.05, 0.1) is 0 Å². The zero-order valence-corrected chi connectivity index (χ0v) is 6.91. The summed E-state index contributed by atoms with van der Waals surface area (Å²) in [6.07, 6.45) is 0. The molecule has 0 aliphatic rings. The fraction of sp³-hybridized carbons (Fsp3) is 0. The van der Waals surface area contributed by atoms with Crippen molar-refractivity contribution in [2.75, 3.05) is 0 Å². The van der Waals surface area contributed by atoms with Crippen molar-refractivity contribution in [3.05, 3.63) is 0 Å². The van der Waals surface area contributed by atoms with Crippen LogP contribution in [0.1, 0.15) is 0 Å². The average molecular weight is 305 g/mol. The van der Waals surface area contributed by atoms with Crippen molar-refractivity contribution in [1.82, 2.24) is 0 Å². The monoisotopic (exact) mass is 305 g/mol. The summed E-state index contributed by atoms with van der Waals surface area (Å²) in [5, 5.41) is 0. The second-order valence-electron chi connectivity index (χ2n) is 0. The van der Waals surface area contributed by atoms with Crippen LogP contribution in [0.5, 0.6) is 0 Å². The number of rotatable bonds is 0. The molecule has 0 aliphatic carbocycles. The predicted octanol–water partition coefficient (Wildman–Crippen LogP) is -0.388. The summed E-state index contributed by atoms with van der Waals surface area (Å²) < 4.78 is 0. The van der Waals surface area contributed by atoms with E-state index < -0.39 is 0 Å². The summed E-state index contributed by atoms with van der Waals surface area (Å²) >= 11 is 0. The third-order valence-electron chi connectivity index (χ3n) is 0. The van der Waals surface area contributed by atoms with E-state index in [2.05, 4.69) is 0 Å². The number of hydrogen-bond donors (Lipinski definition) is 0. The first-order valence-electron chi connectivity index (χ1n) is 0. The van der Waals surface area contributed by atoms with Crippen LogP contribution in [0.4, 0.5) is 0 Å². The molecule has 0 amide bonds. The van der Waals surface area contributed by atoms with Gasteiger partial charge in [0, 0.05) is 63.3 Å². The summed E-state index contributed by atoms with van der Waals surface area (Å²) in [4.78, 5) is 0. The Bertz CT molecular complexity index is 8.00. The standard InChI is InChI=1S/B.Cr.Ni.W. The van der Waals surface area contributed by atoms with Gasteiger partial charge in [0.15, 0.2) is 0 Å². The Hall–Kier alpha value is 1.78. The molecular formula is BCrNiW. The van der Waals surface area contributed by atoms with Gasteiger partial charge < -0.3 is 0 Å². The minimum atomic E-state index is 0. The maximum absolute atomic E-state index is 0. The van der Waals surface area contributed by atoms with E-state index in [-0.39, 0.29) is 63.3 Å². The van der Waals surface area contributed by atoms with Crippen molar-refractivity contribution in [2.24, 2.45) is 0 Å². The second kappa shape index (κ2) is 21.6. The molecule has 0 aromatic rings. The normalized spacial score (nSPS) is 0. The molecule has 25 valence electrons. The van der Waals surface area contributed by atoms with E-state index in [1.54, 1.807) is 0 Å². The van der Waals surface area contributed by atoms with E-state index in [0.29, 0.717) is 0 Å². The quantitative estimate of drug-likeness (QED) is 0.535. The zero-order chi connectivity index (χ0) is 0. The van der Waals surface area contributed by atoms with Crippen LogP contribution < -0.4 is 0 Å². The van der Waals surface area contributed by atoms with Crippen LogP contribution in [0.2, 0.25) is 0 Å². The van der Waals surface area contributed by atoms with Crippen LogP contribution in [0.15, 0.2) is 0 Å². The molecule has 0 heterocycles. The number of hydrogen-bond acceptors (Lipinski definition) is 0. The minimum absolute atomic E-state index is 0. The molecule has 0 aliphatic heterocycles. The van der Waals surface area contributed by atoms with Crippen molar-refractivity contribution in [3.63, 3.8) is 0 Å². The summed E-state index contributed by atoms with van der Waals surface area (Å²) in [7, 11) is 0. The van der Waals surface area contributed by atoms with Crippen LogP contribution in [-0.4, -0.2) is 8.41 Å². The topological polar surface area (TPSA) is 0 Å². The van der Waals surface area contributed by atoms with Gasteiger partial charge in [-0.25, -0.2) is 0 Å². The maximum atomic E-state index is 0. The summed E-state index contributed by atoms with van der Waals surface area (Å²) in [6, 6.07) is 0. The van der Waals surface area contributed by atoms with Crippen LogP contribution in [0.25, 0.3) is 0 Å². The smallest absolute Gasteiger partial charge is 0 e. The molecule has 0 aromatic carbocycles. The Morgan fingerprint density at radius 1 is 1.00 bits per heavy atom. The SMILES string of the molecule is [B].[Cr].[Ni].[W]. The van der Waals surface area contributed by atoms with Crippen LogP contribution in [0, 0.1) is 0 Å². The fourth-order valence-corrected chi connectivity index (χ4v) is 0. The Labute approximate surface area is 63.0 Å². The van der Waals surface area contributed by atoms with E-state index in [1.165, 1.54) is 0 Å². The van der Waals surface area contributed by atoms with E-state index in [9.17, 15) is 0 Å². The molecule has 0 N–H and O–H groups in total. The summed E-state index contributed by atoms with van der Waals surface area (Å²) in [5.74, 6) is 0.